The van der Waals surface area contributed by atoms with E-state index in [2.05, 4.69) is 15.5 Å². The van der Waals surface area contributed by atoms with Crippen LogP contribution in [0.15, 0.2) is 48.7 Å². The Morgan fingerprint density at radius 2 is 1.74 bits per heavy atom. The van der Waals surface area contributed by atoms with Crippen molar-refractivity contribution in [2.75, 3.05) is 0 Å². The van der Waals surface area contributed by atoms with Crippen molar-refractivity contribution in [3.05, 3.63) is 76.3 Å². The van der Waals surface area contributed by atoms with Gasteiger partial charge < -0.3 is 4.57 Å². The summed E-state index contributed by atoms with van der Waals surface area (Å²) in [5.41, 5.74) is 3.79. The highest BCUT2D eigenvalue weighted by Crippen LogP contribution is 2.33. The summed E-state index contributed by atoms with van der Waals surface area (Å²) < 4.78 is 43.9. The van der Waals surface area contributed by atoms with Gasteiger partial charge >= 0.3 is 6.18 Å². The number of rotatable bonds is 4. The number of aromatic nitrogens is 4. The quantitative estimate of drug-likeness (QED) is 0.417. The molecule has 0 radical (unpaired) electrons. The fraction of sp³-hybridized carbons (Fsp3) is 0.182. The SMILES string of the molecule is CCn1c(C)nc2cc(C(=O)NNC(=O)c3cnn(-c4ccc(Cl)cc4)c3C(F)(F)F)ccc21. The topological polar surface area (TPSA) is 93.8 Å². The summed E-state index contributed by atoms with van der Waals surface area (Å²) in [5.74, 6) is -1.11. The lowest BCUT2D eigenvalue weighted by Crippen LogP contribution is -2.42. The van der Waals surface area contributed by atoms with Gasteiger partial charge in [0.15, 0.2) is 5.69 Å². The van der Waals surface area contributed by atoms with E-state index in [1.54, 1.807) is 6.07 Å². The maximum absolute atomic E-state index is 13.8. The first-order valence-corrected chi connectivity index (χ1v) is 10.5. The first-order chi connectivity index (χ1) is 16.1. The van der Waals surface area contributed by atoms with E-state index in [9.17, 15) is 22.8 Å². The predicted molar refractivity (Wildman–Crippen MR) is 119 cm³/mol. The number of amides is 2. The molecule has 0 aliphatic heterocycles. The van der Waals surface area contributed by atoms with Gasteiger partial charge in [0.1, 0.15) is 5.82 Å². The molecule has 2 aromatic heterocycles. The molecule has 34 heavy (non-hydrogen) atoms. The molecular weight excluding hydrogens is 473 g/mol. The fourth-order valence-electron chi connectivity index (χ4n) is 3.61. The van der Waals surface area contributed by atoms with Crippen molar-refractivity contribution >= 4 is 34.4 Å². The number of carbonyl (C=O) groups excluding carboxylic acids is 2. The molecule has 2 amide bonds. The lowest BCUT2D eigenvalue weighted by atomic mass is 10.2. The molecule has 0 aliphatic rings. The number of benzene rings is 2. The molecule has 12 heteroatoms. The zero-order chi connectivity index (χ0) is 24.6. The summed E-state index contributed by atoms with van der Waals surface area (Å²) in [6.45, 7) is 4.51. The van der Waals surface area contributed by atoms with E-state index in [0.717, 1.165) is 17.5 Å². The minimum Gasteiger partial charge on any atom is -0.329 e. The van der Waals surface area contributed by atoms with Gasteiger partial charge in [-0.1, -0.05) is 11.6 Å². The average molecular weight is 491 g/mol. The third-order valence-corrected chi connectivity index (χ3v) is 5.41. The summed E-state index contributed by atoms with van der Waals surface area (Å²) in [6.07, 6.45) is -4.11. The van der Waals surface area contributed by atoms with Crippen molar-refractivity contribution in [3.63, 3.8) is 0 Å². The van der Waals surface area contributed by atoms with E-state index in [1.165, 1.54) is 36.4 Å². The average Bonchev–Trinajstić information content (AvgIpc) is 3.38. The van der Waals surface area contributed by atoms with Crippen LogP contribution in [0.2, 0.25) is 5.02 Å². The van der Waals surface area contributed by atoms with E-state index >= 15 is 0 Å². The molecule has 2 heterocycles. The summed E-state index contributed by atoms with van der Waals surface area (Å²) in [7, 11) is 0. The van der Waals surface area contributed by atoms with E-state index in [1.807, 2.05) is 23.8 Å². The van der Waals surface area contributed by atoms with E-state index in [0.29, 0.717) is 21.8 Å². The highest BCUT2D eigenvalue weighted by Gasteiger charge is 2.40. The number of halogens is 4. The van der Waals surface area contributed by atoms with Crippen LogP contribution < -0.4 is 10.9 Å². The lowest BCUT2D eigenvalue weighted by Gasteiger charge is -2.13. The predicted octanol–water partition coefficient (Wildman–Crippen LogP) is 4.30. The Morgan fingerprint density at radius 3 is 2.38 bits per heavy atom. The molecule has 0 saturated heterocycles. The molecule has 0 spiro atoms. The van der Waals surface area contributed by atoms with Gasteiger partial charge in [0.2, 0.25) is 0 Å². The van der Waals surface area contributed by atoms with E-state index < -0.39 is 29.2 Å². The lowest BCUT2D eigenvalue weighted by molar-refractivity contribution is -0.143. The maximum atomic E-state index is 13.8. The van der Waals surface area contributed by atoms with Gasteiger partial charge in [-0.15, -0.1) is 0 Å². The van der Waals surface area contributed by atoms with Crippen molar-refractivity contribution < 1.29 is 22.8 Å². The Hall–Kier alpha value is -3.86. The van der Waals surface area contributed by atoms with Crippen molar-refractivity contribution in [1.29, 1.82) is 0 Å². The molecule has 0 bridgehead atoms. The van der Waals surface area contributed by atoms with Crippen LogP contribution >= 0.6 is 11.6 Å². The van der Waals surface area contributed by atoms with Crippen LogP contribution in [-0.4, -0.2) is 31.1 Å². The molecule has 0 unspecified atom stereocenters. The van der Waals surface area contributed by atoms with Crippen LogP contribution in [0.5, 0.6) is 0 Å². The Bertz CT molecular complexity index is 1390. The Kier molecular flexibility index (Phi) is 6.05. The normalized spacial score (nSPS) is 11.6. The summed E-state index contributed by atoms with van der Waals surface area (Å²) in [6, 6.07) is 10.3. The van der Waals surface area contributed by atoms with E-state index in [-0.39, 0.29) is 11.3 Å². The molecule has 4 rings (SSSR count). The van der Waals surface area contributed by atoms with Gasteiger partial charge in [0.25, 0.3) is 11.8 Å². The summed E-state index contributed by atoms with van der Waals surface area (Å²) in [5, 5.41) is 4.04. The molecule has 0 atom stereocenters. The van der Waals surface area contributed by atoms with Crippen LogP contribution in [0.1, 0.15) is 39.2 Å². The zero-order valence-electron chi connectivity index (χ0n) is 17.9. The molecule has 0 fully saturated rings. The maximum Gasteiger partial charge on any atom is 0.434 e. The number of alkyl halides is 3. The second-order valence-corrected chi connectivity index (χ2v) is 7.74. The van der Waals surface area contributed by atoms with Crippen LogP contribution in [-0.2, 0) is 12.7 Å². The van der Waals surface area contributed by atoms with Gasteiger partial charge in [-0.05, 0) is 56.3 Å². The Morgan fingerprint density at radius 1 is 1.06 bits per heavy atom. The first-order valence-electron chi connectivity index (χ1n) is 10.1. The molecule has 2 N–H and O–H groups in total. The number of hydrogen-bond acceptors (Lipinski definition) is 4. The summed E-state index contributed by atoms with van der Waals surface area (Å²) >= 11 is 5.79. The van der Waals surface area contributed by atoms with Crippen LogP contribution in [0, 0.1) is 6.92 Å². The zero-order valence-corrected chi connectivity index (χ0v) is 18.7. The number of nitrogens with zero attached hydrogens (tertiary/aromatic N) is 4. The largest absolute Gasteiger partial charge is 0.434 e. The Labute approximate surface area is 196 Å². The highest BCUT2D eigenvalue weighted by molar-refractivity contribution is 6.30. The van der Waals surface area contributed by atoms with Crippen molar-refractivity contribution in [1.82, 2.24) is 30.2 Å². The number of hydrazine groups is 1. The smallest absolute Gasteiger partial charge is 0.329 e. The highest BCUT2D eigenvalue weighted by atomic mass is 35.5. The third kappa shape index (κ3) is 4.34. The summed E-state index contributed by atoms with van der Waals surface area (Å²) in [4.78, 5) is 29.4. The van der Waals surface area contributed by atoms with Crippen molar-refractivity contribution in [2.45, 2.75) is 26.6 Å². The van der Waals surface area contributed by atoms with Crippen LogP contribution in [0.25, 0.3) is 16.7 Å². The van der Waals surface area contributed by atoms with Gasteiger partial charge in [0, 0.05) is 17.1 Å². The monoisotopic (exact) mass is 490 g/mol. The van der Waals surface area contributed by atoms with Gasteiger partial charge in [-0.2, -0.15) is 18.3 Å². The Balaban J connectivity index is 1.55. The number of fused-ring (bicyclic) bond motifs is 1. The minimum absolute atomic E-state index is 0.0647. The van der Waals surface area contributed by atoms with Crippen molar-refractivity contribution in [3.8, 4) is 5.69 Å². The standard InChI is InChI=1S/C22H18ClF3N6O2/c1-3-31-12(2)28-17-10-13(4-9-18(17)31)20(33)29-30-21(34)16-11-27-32(19(16)22(24,25)26)15-7-5-14(23)6-8-15/h4-11H,3H2,1-2H3,(H,29,33)(H,30,34). The minimum atomic E-state index is -4.90. The molecule has 0 aliphatic carbocycles. The number of imidazole rings is 1. The fourth-order valence-corrected chi connectivity index (χ4v) is 3.74. The second kappa shape index (κ2) is 8.82. The van der Waals surface area contributed by atoms with Crippen LogP contribution in [0.3, 0.4) is 0 Å². The number of carbonyl (C=O) groups is 2. The molecule has 0 saturated carbocycles. The first kappa shape index (κ1) is 23.3. The van der Waals surface area contributed by atoms with Crippen molar-refractivity contribution in [2.24, 2.45) is 0 Å². The molecule has 8 nitrogen and oxygen atoms in total. The molecule has 2 aromatic carbocycles. The van der Waals surface area contributed by atoms with E-state index in [4.69, 9.17) is 11.6 Å². The van der Waals surface area contributed by atoms with Gasteiger partial charge in [-0.25, -0.2) is 9.67 Å². The second-order valence-electron chi connectivity index (χ2n) is 7.31. The number of aryl methyl sites for hydroxylation is 2. The van der Waals surface area contributed by atoms with Gasteiger partial charge in [-0.3, -0.25) is 20.4 Å². The van der Waals surface area contributed by atoms with Gasteiger partial charge in [0.05, 0.1) is 28.5 Å². The number of hydrogen-bond donors (Lipinski definition) is 2. The molecule has 4 aromatic rings. The van der Waals surface area contributed by atoms with Crippen LogP contribution in [0.4, 0.5) is 13.2 Å². The molecular formula is C22H18ClF3N6O2. The number of nitrogens with one attached hydrogen (secondary N) is 2. The molecule has 176 valence electrons. The third-order valence-electron chi connectivity index (χ3n) is 5.16.